The van der Waals surface area contributed by atoms with Crippen LogP contribution in [0.4, 0.5) is 5.69 Å². The Morgan fingerprint density at radius 2 is 2.00 bits per heavy atom. The minimum absolute atomic E-state index is 0.0899. The summed E-state index contributed by atoms with van der Waals surface area (Å²) in [5.41, 5.74) is 0.811. The largest absolute Gasteiger partial charge is 0.392 e. The molecule has 2 aromatic rings. The van der Waals surface area contributed by atoms with Crippen molar-refractivity contribution in [2.75, 3.05) is 11.9 Å². The van der Waals surface area contributed by atoms with Crippen molar-refractivity contribution >= 4 is 22.4 Å². The number of amides is 1. The number of aliphatic hydroxyl groups excluding tert-OH is 1. The van der Waals surface area contributed by atoms with E-state index in [1.54, 1.807) is 0 Å². The van der Waals surface area contributed by atoms with E-state index in [2.05, 4.69) is 10.6 Å². The van der Waals surface area contributed by atoms with E-state index < -0.39 is 6.10 Å². The Balaban J connectivity index is 1.83. The molecule has 1 aliphatic rings. The Hall–Kier alpha value is -1.91. The molecule has 0 radical (unpaired) electrons. The van der Waals surface area contributed by atoms with Gasteiger partial charge in [0.05, 0.1) is 12.1 Å². The van der Waals surface area contributed by atoms with Crippen LogP contribution < -0.4 is 10.6 Å². The predicted molar refractivity (Wildman–Crippen MR) is 75.0 cm³/mol. The molecule has 3 rings (SSSR count). The fourth-order valence-electron chi connectivity index (χ4n) is 2.47. The van der Waals surface area contributed by atoms with Crippen molar-refractivity contribution in [3.05, 3.63) is 42.5 Å². The Morgan fingerprint density at radius 3 is 2.79 bits per heavy atom. The summed E-state index contributed by atoms with van der Waals surface area (Å²) < 4.78 is 0. The molecule has 0 saturated carbocycles. The number of nitrogens with one attached hydrogen (secondary N) is 2. The van der Waals surface area contributed by atoms with E-state index in [4.69, 9.17) is 0 Å². The third-order valence-electron chi connectivity index (χ3n) is 3.47. The summed E-state index contributed by atoms with van der Waals surface area (Å²) in [4.78, 5) is 12.1. The highest BCUT2D eigenvalue weighted by Gasteiger charge is 2.28. The maximum Gasteiger partial charge on any atom is 0.241 e. The first-order valence-electron chi connectivity index (χ1n) is 6.44. The number of hydrogen-bond donors (Lipinski definition) is 3. The molecule has 2 aromatic carbocycles. The van der Waals surface area contributed by atoms with E-state index in [-0.39, 0.29) is 11.9 Å². The van der Waals surface area contributed by atoms with Crippen molar-refractivity contribution in [3.63, 3.8) is 0 Å². The van der Waals surface area contributed by atoms with Gasteiger partial charge in [0.15, 0.2) is 0 Å². The van der Waals surface area contributed by atoms with Crippen molar-refractivity contribution in [1.29, 1.82) is 0 Å². The molecule has 19 heavy (non-hydrogen) atoms. The molecule has 0 aromatic heterocycles. The van der Waals surface area contributed by atoms with Crippen LogP contribution in [-0.4, -0.2) is 29.7 Å². The highest BCUT2D eigenvalue weighted by Crippen LogP contribution is 2.23. The van der Waals surface area contributed by atoms with Crippen LogP contribution in [-0.2, 0) is 4.79 Å². The van der Waals surface area contributed by atoms with E-state index in [0.717, 1.165) is 16.5 Å². The van der Waals surface area contributed by atoms with Crippen molar-refractivity contribution < 1.29 is 9.90 Å². The van der Waals surface area contributed by atoms with Crippen LogP contribution in [0.1, 0.15) is 6.42 Å². The second-order valence-corrected chi connectivity index (χ2v) is 4.87. The zero-order chi connectivity index (χ0) is 13.2. The van der Waals surface area contributed by atoms with Crippen LogP contribution in [0.3, 0.4) is 0 Å². The van der Waals surface area contributed by atoms with Gasteiger partial charge in [-0.15, -0.1) is 0 Å². The molecular formula is C15H16N2O2. The van der Waals surface area contributed by atoms with Crippen molar-refractivity contribution in [1.82, 2.24) is 5.32 Å². The molecule has 0 unspecified atom stereocenters. The fraction of sp³-hybridized carbons (Fsp3) is 0.267. The summed E-state index contributed by atoms with van der Waals surface area (Å²) in [6, 6.07) is 13.5. The first-order chi connectivity index (χ1) is 9.24. The lowest BCUT2D eigenvalue weighted by molar-refractivity contribution is -0.117. The average Bonchev–Trinajstić information content (AvgIpc) is 2.86. The van der Waals surface area contributed by atoms with Crippen LogP contribution in [0.25, 0.3) is 10.8 Å². The van der Waals surface area contributed by atoms with Crippen molar-refractivity contribution in [3.8, 4) is 0 Å². The summed E-state index contributed by atoms with van der Waals surface area (Å²) in [5, 5.41) is 17.5. The molecule has 4 heteroatoms. The summed E-state index contributed by atoms with van der Waals surface area (Å²) in [5.74, 6) is -0.0899. The zero-order valence-corrected chi connectivity index (χ0v) is 10.5. The molecule has 3 N–H and O–H groups in total. The summed E-state index contributed by atoms with van der Waals surface area (Å²) in [6.07, 6.45) is 0.0413. The number of β-amino-alcohol motifs (C(OH)–C–C–N with tert-alkyl or cyclic N) is 1. The van der Waals surface area contributed by atoms with Gasteiger partial charge in [0.25, 0.3) is 0 Å². The van der Waals surface area contributed by atoms with Crippen LogP contribution in [0.2, 0.25) is 0 Å². The molecule has 98 valence electrons. The van der Waals surface area contributed by atoms with Gasteiger partial charge in [-0.2, -0.15) is 0 Å². The minimum atomic E-state index is -0.428. The van der Waals surface area contributed by atoms with E-state index >= 15 is 0 Å². The van der Waals surface area contributed by atoms with Crippen LogP contribution in [0.5, 0.6) is 0 Å². The van der Waals surface area contributed by atoms with E-state index in [1.165, 1.54) is 0 Å². The van der Waals surface area contributed by atoms with Gasteiger partial charge >= 0.3 is 0 Å². The lowest BCUT2D eigenvalue weighted by Crippen LogP contribution is -2.35. The van der Waals surface area contributed by atoms with Crippen LogP contribution in [0, 0.1) is 0 Å². The Kier molecular flexibility index (Phi) is 3.19. The number of carbonyl (C=O) groups is 1. The third kappa shape index (κ3) is 2.45. The molecule has 0 bridgehead atoms. The number of rotatable bonds is 2. The number of aliphatic hydroxyl groups is 1. The van der Waals surface area contributed by atoms with E-state index in [1.807, 2.05) is 42.5 Å². The number of fused-ring (bicyclic) bond motifs is 1. The predicted octanol–water partition coefficient (Wildman–Crippen LogP) is 1.50. The smallest absolute Gasteiger partial charge is 0.241 e. The van der Waals surface area contributed by atoms with Crippen LogP contribution in [0.15, 0.2) is 42.5 Å². The average molecular weight is 256 g/mol. The highest BCUT2D eigenvalue weighted by atomic mass is 16.3. The molecule has 0 aliphatic carbocycles. The van der Waals surface area contributed by atoms with Gasteiger partial charge in [-0.1, -0.05) is 36.4 Å². The van der Waals surface area contributed by atoms with Gasteiger partial charge in [0.2, 0.25) is 5.91 Å². The summed E-state index contributed by atoms with van der Waals surface area (Å²) in [7, 11) is 0. The number of carbonyl (C=O) groups excluding carboxylic acids is 1. The molecule has 1 fully saturated rings. The summed E-state index contributed by atoms with van der Waals surface area (Å²) >= 11 is 0. The molecule has 1 amide bonds. The topological polar surface area (TPSA) is 61.4 Å². The number of benzene rings is 2. The molecule has 1 saturated heterocycles. The zero-order valence-electron chi connectivity index (χ0n) is 10.5. The standard InChI is InChI=1S/C15H16N2O2/c18-11-8-14(16-9-11)15(19)17-13-7-3-5-10-4-1-2-6-12(10)13/h1-7,11,14,16,18H,8-9H2,(H,17,19)/t11-,14+/m1/s1. The fourth-order valence-corrected chi connectivity index (χ4v) is 2.47. The van der Waals surface area contributed by atoms with Crippen molar-refractivity contribution in [2.24, 2.45) is 0 Å². The maximum absolute atomic E-state index is 12.1. The van der Waals surface area contributed by atoms with Gasteiger partial charge in [0.1, 0.15) is 0 Å². The quantitative estimate of drug-likeness (QED) is 0.763. The lowest BCUT2D eigenvalue weighted by atomic mass is 10.1. The van der Waals surface area contributed by atoms with Gasteiger partial charge in [0, 0.05) is 17.6 Å². The first-order valence-corrected chi connectivity index (χ1v) is 6.44. The monoisotopic (exact) mass is 256 g/mol. The van der Waals surface area contributed by atoms with Gasteiger partial charge in [-0.25, -0.2) is 0 Å². The molecule has 4 nitrogen and oxygen atoms in total. The van der Waals surface area contributed by atoms with Crippen LogP contribution >= 0.6 is 0 Å². The highest BCUT2D eigenvalue weighted by molar-refractivity contribution is 6.03. The number of anilines is 1. The van der Waals surface area contributed by atoms with Gasteiger partial charge in [-0.05, 0) is 17.9 Å². The second kappa shape index (κ2) is 4.99. The maximum atomic E-state index is 12.1. The van der Waals surface area contributed by atoms with Gasteiger partial charge < -0.3 is 15.7 Å². The van der Waals surface area contributed by atoms with Gasteiger partial charge in [-0.3, -0.25) is 4.79 Å². The SMILES string of the molecule is O=C(Nc1cccc2ccccc12)[C@@H]1C[C@@H](O)CN1. The summed E-state index contributed by atoms with van der Waals surface area (Å²) in [6.45, 7) is 0.480. The Labute approximate surface area is 111 Å². The number of hydrogen-bond acceptors (Lipinski definition) is 3. The van der Waals surface area contributed by atoms with Crippen molar-refractivity contribution in [2.45, 2.75) is 18.6 Å². The molecule has 2 atom stereocenters. The van der Waals surface area contributed by atoms with E-state index in [0.29, 0.717) is 13.0 Å². The normalized spacial score (nSPS) is 22.6. The van der Waals surface area contributed by atoms with E-state index in [9.17, 15) is 9.90 Å². The molecular weight excluding hydrogens is 240 g/mol. The minimum Gasteiger partial charge on any atom is -0.392 e. The molecule has 1 aliphatic heterocycles. The molecule has 0 spiro atoms. The lowest BCUT2D eigenvalue weighted by Gasteiger charge is -2.12. The Bertz CT molecular complexity index is 607. The Morgan fingerprint density at radius 1 is 1.21 bits per heavy atom. The third-order valence-corrected chi connectivity index (χ3v) is 3.47. The first kappa shape index (κ1) is 12.1. The molecule has 1 heterocycles. The second-order valence-electron chi connectivity index (χ2n) is 4.87.